The first-order valence-corrected chi connectivity index (χ1v) is 28.0. The van der Waals surface area contributed by atoms with Gasteiger partial charge in [0.2, 0.25) is 41.4 Å². The Labute approximate surface area is 459 Å². The molecule has 2 aromatic rings. The number of fused-ring (bicyclic) bond motifs is 2. The second-order valence-electron chi connectivity index (χ2n) is 18.8. The Morgan fingerprint density at radius 3 is 1.68 bits per heavy atom. The van der Waals surface area contributed by atoms with E-state index in [0.29, 0.717) is 55.6 Å². The summed E-state index contributed by atoms with van der Waals surface area (Å²) in [5, 5.41) is 52.0. The molecule has 4 aliphatic heterocycles. The van der Waals surface area contributed by atoms with Gasteiger partial charge in [-0.2, -0.15) is 10.2 Å². The molecule has 2 aromatic carbocycles. The number of carbonyl (C=O) groups excluding carboxylic acids is 9. The molecule has 9 amide bonds. The Bertz CT molecular complexity index is 2440. The first-order chi connectivity index (χ1) is 37.2. The first kappa shape index (κ1) is 63.8. The molecule has 78 heavy (non-hydrogen) atoms. The van der Waals surface area contributed by atoms with Gasteiger partial charge in [-0.05, 0) is 133 Å². The van der Waals surface area contributed by atoms with E-state index in [9.17, 15) is 58.2 Å². The maximum Gasteiger partial charge on any atom is 0.305 e. The van der Waals surface area contributed by atoms with E-state index in [1.807, 2.05) is 0 Å². The molecule has 6 rings (SSSR count). The molecule has 4 heterocycles. The summed E-state index contributed by atoms with van der Waals surface area (Å²) in [4.78, 5) is 138. The third kappa shape index (κ3) is 20.6. The lowest BCUT2D eigenvalue weighted by Crippen LogP contribution is -2.67. The van der Waals surface area contributed by atoms with Crippen molar-refractivity contribution in [2.75, 3.05) is 31.1 Å². The van der Waals surface area contributed by atoms with E-state index in [4.69, 9.17) is 22.9 Å². The van der Waals surface area contributed by atoms with Gasteiger partial charge in [0.05, 0.1) is 23.9 Å². The van der Waals surface area contributed by atoms with Crippen LogP contribution in [0.2, 0.25) is 0 Å². The largest absolute Gasteiger partial charge is 0.481 e. The van der Waals surface area contributed by atoms with E-state index in [-0.39, 0.29) is 62.4 Å². The topological polar surface area (TPSA) is 448 Å². The molecule has 29 heteroatoms. The third-order valence-corrected chi connectivity index (χ3v) is 14.8. The van der Waals surface area contributed by atoms with E-state index < -0.39 is 120 Å². The number of nitrogens with two attached hydrogens (primary N) is 4. The Balaban J connectivity index is 1.79. The number of azo groups is 1. The number of aliphatic hydroxyl groups excluding tert-OH is 1. The fourth-order valence-electron chi connectivity index (χ4n) is 7.78. The van der Waals surface area contributed by atoms with Crippen LogP contribution < -0.4 is 70.8 Å². The van der Waals surface area contributed by atoms with Gasteiger partial charge in [-0.1, -0.05) is 33.7 Å². The van der Waals surface area contributed by atoms with Gasteiger partial charge in [0.15, 0.2) is 5.66 Å². The number of carboxylic acid groups (broad SMARTS) is 1. The van der Waals surface area contributed by atoms with Crippen molar-refractivity contribution >= 4 is 92.1 Å². The van der Waals surface area contributed by atoms with Crippen LogP contribution in [-0.2, 0) is 49.7 Å². The zero-order chi connectivity index (χ0) is 57.4. The van der Waals surface area contributed by atoms with E-state index in [1.54, 1.807) is 24.3 Å². The molecule has 4 aliphatic rings. The number of nitrogens with zero attached hydrogens (tertiary/aromatic N) is 2. The lowest BCUT2D eigenvalue weighted by atomic mass is 10.0. The number of hydrogen-bond acceptors (Lipinski definition) is 19. The second-order valence-corrected chi connectivity index (χ2v) is 21.3. The summed E-state index contributed by atoms with van der Waals surface area (Å²) in [5.74, 6) is -10.4. The van der Waals surface area contributed by atoms with Crippen LogP contribution in [0.4, 0.5) is 11.4 Å². The standard InChI is InChI=1S/C49H73N15O12S2/c1-27-40(68)61-39(28(2)65)47(75)59-36-25-77-78-26-37(45(73)55-27)60-48(76)49(53,19-5-8-22-52)62-41(69)30-13-17-32(18-14-30)64-63-31-15-11-29(12-16-31)24-54-42(70)33(9-3-6-20-50)56-43(71)34(10-4-7-21-51)57-44(72)35(23-38(66)67)58-46(36)74/h11-18,27-28,33-37,39,65H,3-10,19-26,50-53H2,1-2H3,(H,54,70)(H,55,73)(H,56,71)(H,57,72)(H,58,74)(H,59,75)(H,60,76)(H,61,68)(H,62,69)(H,66,67)/t27-,28+,33-,34-,35-,36-,37-,39-,49-/m0/s1. The van der Waals surface area contributed by atoms with Crippen molar-refractivity contribution in [1.29, 1.82) is 0 Å². The number of carbonyl (C=O) groups is 10. The van der Waals surface area contributed by atoms with E-state index >= 15 is 0 Å². The molecular formula is C49H73N15O12S2. The van der Waals surface area contributed by atoms with Crippen molar-refractivity contribution in [1.82, 2.24) is 47.9 Å². The molecule has 9 atom stereocenters. The lowest BCUT2D eigenvalue weighted by molar-refractivity contribution is -0.141. The number of rotatable bonds is 15. The Hall–Kier alpha value is -6.76. The molecule has 428 valence electrons. The number of carboxylic acids is 1. The highest BCUT2D eigenvalue weighted by Gasteiger charge is 2.40. The molecule has 19 N–H and O–H groups in total. The predicted molar refractivity (Wildman–Crippen MR) is 290 cm³/mol. The molecule has 6 bridgehead atoms. The van der Waals surface area contributed by atoms with Gasteiger partial charge in [0.25, 0.3) is 11.8 Å². The molecule has 0 unspecified atom stereocenters. The highest BCUT2D eigenvalue weighted by molar-refractivity contribution is 8.76. The summed E-state index contributed by atoms with van der Waals surface area (Å²) in [6.07, 6.45) is -0.207. The number of hydrogen-bond donors (Lipinski definition) is 15. The number of benzene rings is 2. The molecular weight excluding hydrogens is 1050 g/mol. The minimum atomic E-state index is -2.13. The minimum Gasteiger partial charge on any atom is -0.481 e. The average Bonchev–Trinajstić information content (AvgIpc) is 3.40. The maximum absolute atomic E-state index is 14.3. The molecule has 1 saturated heterocycles. The fourth-order valence-corrected chi connectivity index (χ4v) is 10.1. The van der Waals surface area contributed by atoms with Crippen LogP contribution in [0, 0.1) is 0 Å². The van der Waals surface area contributed by atoms with Crippen molar-refractivity contribution in [3.8, 4) is 0 Å². The summed E-state index contributed by atoms with van der Waals surface area (Å²) >= 11 is 0. The maximum atomic E-state index is 14.3. The highest BCUT2D eigenvalue weighted by Crippen LogP contribution is 2.25. The molecule has 0 saturated carbocycles. The van der Waals surface area contributed by atoms with Crippen LogP contribution >= 0.6 is 21.6 Å². The predicted octanol–water partition coefficient (Wildman–Crippen LogP) is -1.83. The Kier molecular flexibility index (Phi) is 26.3. The van der Waals surface area contributed by atoms with Crippen LogP contribution in [0.25, 0.3) is 0 Å². The molecule has 0 radical (unpaired) electrons. The number of amides is 9. The monoisotopic (exact) mass is 1130 g/mol. The number of aliphatic carboxylic acids is 1. The first-order valence-electron chi connectivity index (χ1n) is 25.6. The van der Waals surface area contributed by atoms with Gasteiger partial charge >= 0.3 is 5.97 Å². The zero-order valence-corrected chi connectivity index (χ0v) is 45.2. The smallest absolute Gasteiger partial charge is 0.305 e. The summed E-state index contributed by atoms with van der Waals surface area (Å²) in [6, 6.07) is 2.09. The fraction of sp³-hybridized carbons (Fsp3) is 0.551. The number of nitrogens with one attached hydrogen (secondary N) is 9. The molecule has 0 spiro atoms. The van der Waals surface area contributed by atoms with Gasteiger partial charge in [0, 0.05) is 23.6 Å². The normalized spacial score (nSPS) is 25.3. The summed E-state index contributed by atoms with van der Waals surface area (Å²) in [5.41, 5.74) is 23.3. The quantitative estimate of drug-likeness (QED) is 0.0689. The molecule has 1 fully saturated rings. The Morgan fingerprint density at radius 2 is 1.13 bits per heavy atom. The minimum absolute atomic E-state index is 0.0130. The van der Waals surface area contributed by atoms with Gasteiger partial charge in [-0.15, -0.1) is 0 Å². The SMILES string of the molecule is C[C@@H]1NC(=O)[C@@H]2CSSC[C@H](NC(=O)[C@H]([C@@H](C)O)NC1=O)C(=O)N[C@@H](CC(=O)O)C(=O)N[C@@H](CCCCN)C(=O)N[C@@H](CCCCN)C(=O)NCc1ccc(cc1)N=Nc1ccc(cc1)C(=O)N[C@@](N)(CCCCN)C(=O)N2. The number of aliphatic hydroxyl groups is 1. The van der Waals surface area contributed by atoms with E-state index in [0.717, 1.165) is 21.6 Å². The average molecular weight is 1130 g/mol. The van der Waals surface area contributed by atoms with Crippen LogP contribution in [0.15, 0.2) is 58.8 Å². The molecule has 0 aliphatic carbocycles. The van der Waals surface area contributed by atoms with Crippen LogP contribution in [0.3, 0.4) is 0 Å². The van der Waals surface area contributed by atoms with E-state index in [2.05, 4.69) is 58.1 Å². The van der Waals surface area contributed by atoms with Crippen molar-refractivity contribution in [3.63, 3.8) is 0 Å². The molecule has 27 nitrogen and oxygen atoms in total. The van der Waals surface area contributed by atoms with Crippen molar-refractivity contribution in [3.05, 3.63) is 59.7 Å². The van der Waals surface area contributed by atoms with E-state index in [1.165, 1.54) is 38.1 Å². The van der Waals surface area contributed by atoms with Crippen molar-refractivity contribution < 1.29 is 58.2 Å². The summed E-state index contributed by atoms with van der Waals surface area (Å²) in [6.45, 7) is 3.26. The summed E-state index contributed by atoms with van der Waals surface area (Å²) < 4.78 is 0. The molecule has 0 aromatic heterocycles. The lowest BCUT2D eigenvalue weighted by Gasteiger charge is -2.32. The van der Waals surface area contributed by atoms with Gasteiger partial charge in [-0.25, -0.2) is 0 Å². The van der Waals surface area contributed by atoms with Gasteiger partial charge < -0.3 is 81.0 Å². The van der Waals surface area contributed by atoms with Crippen molar-refractivity contribution in [2.24, 2.45) is 33.2 Å². The van der Waals surface area contributed by atoms with Crippen LogP contribution in [0.5, 0.6) is 0 Å². The highest BCUT2D eigenvalue weighted by atomic mass is 33.1. The summed E-state index contributed by atoms with van der Waals surface area (Å²) in [7, 11) is 1.83. The Morgan fingerprint density at radius 1 is 0.628 bits per heavy atom. The number of unbranched alkanes of at least 4 members (excludes halogenated alkanes) is 3. The zero-order valence-electron chi connectivity index (χ0n) is 43.5. The van der Waals surface area contributed by atoms with Gasteiger partial charge in [0.1, 0.15) is 42.3 Å². The van der Waals surface area contributed by atoms with Crippen LogP contribution in [-0.4, -0.2) is 155 Å². The van der Waals surface area contributed by atoms with Gasteiger partial charge in [-0.3, -0.25) is 47.9 Å². The third-order valence-electron chi connectivity index (χ3n) is 12.4. The van der Waals surface area contributed by atoms with Crippen LogP contribution in [0.1, 0.15) is 94.0 Å². The van der Waals surface area contributed by atoms with Crippen molar-refractivity contribution in [2.45, 2.75) is 139 Å². The second kappa shape index (κ2) is 32.2.